The van der Waals surface area contributed by atoms with Gasteiger partial charge in [-0.05, 0) is 0 Å². The molecule has 0 bridgehead atoms. The molecule has 0 fully saturated rings. The van der Waals surface area contributed by atoms with Crippen LogP contribution < -0.4 is 0 Å². The molecule has 0 saturated carbocycles. The van der Waals surface area contributed by atoms with E-state index in [1.807, 2.05) is 0 Å². The van der Waals surface area contributed by atoms with Crippen LogP contribution in [0.5, 0.6) is 0 Å². The predicted octanol–water partition coefficient (Wildman–Crippen LogP) is -2.15. The van der Waals surface area contributed by atoms with Crippen molar-refractivity contribution in [2.45, 2.75) is 0 Å². The summed E-state index contributed by atoms with van der Waals surface area (Å²) in [6.07, 6.45) is 0. The fraction of sp³-hybridized carbons (Fsp3) is 0. The van der Waals surface area contributed by atoms with Crippen molar-refractivity contribution in [3.8, 4) is 0 Å². The van der Waals surface area contributed by atoms with Gasteiger partial charge < -0.3 is 16.4 Å². The fourth-order valence-corrected chi connectivity index (χ4v) is 0. The minimum absolute atomic E-state index is 0. The Morgan fingerprint density at radius 2 is 0.750 bits per heavy atom. The molecule has 24 valence electrons. The molecule has 0 unspecified atom stereocenters. The average Bonchev–Trinajstić information content (AvgIpc) is 0. The predicted molar refractivity (Wildman–Crippen MR) is 13.7 cm³/mol. The van der Waals surface area contributed by atoms with Gasteiger partial charge in [0.05, 0.1) is 0 Å². The van der Waals surface area contributed by atoms with Gasteiger partial charge in [-0.25, -0.2) is 0 Å². The number of hydrogen-bond acceptors (Lipinski definition) is 0. The standard InChI is InChI=1S/Ca.2H2O.O/h;2*1H2;/q+2;;;-2. The van der Waals surface area contributed by atoms with Gasteiger partial charge in [0.2, 0.25) is 0 Å². The van der Waals surface area contributed by atoms with Crippen molar-refractivity contribution >= 4 is 37.7 Å². The van der Waals surface area contributed by atoms with Gasteiger partial charge in [0.25, 0.3) is 0 Å². The summed E-state index contributed by atoms with van der Waals surface area (Å²) >= 11 is 0. The third-order valence-corrected chi connectivity index (χ3v) is 0. The van der Waals surface area contributed by atoms with E-state index in [0.29, 0.717) is 0 Å². The molecular formula is H4CaO3. The second-order valence-corrected chi connectivity index (χ2v) is 0. The van der Waals surface area contributed by atoms with E-state index >= 15 is 0 Å². The normalized spacial score (nSPS) is 0. The van der Waals surface area contributed by atoms with Gasteiger partial charge in [0.1, 0.15) is 0 Å². The van der Waals surface area contributed by atoms with Gasteiger partial charge in [-0.1, -0.05) is 0 Å². The first-order valence-electron chi connectivity index (χ1n) is 0. The third-order valence-electron chi connectivity index (χ3n) is 0. The summed E-state index contributed by atoms with van der Waals surface area (Å²) < 4.78 is 0. The quantitative estimate of drug-likeness (QED) is 0.305. The molecule has 0 atom stereocenters. The maximum absolute atomic E-state index is 0. The van der Waals surface area contributed by atoms with Crippen LogP contribution in [0.25, 0.3) is 0 Å². The Balaban J connectivity index is 0. The van der Waals surface area contributed by atoms with Crippen LogP contribution in [0.4, 0.5) is 0 Å². The zero-order valence-electron chi connectivity index (χ0n) is 2.12. The largest absolute Gasteiger partial charge is 2.00 e. The van der Waals surface area contributed by atoms with Crippen LogP contribution in [-0.4, -0.2) is 48.7 Å². The molecule has 4 N–H and O–H groups in total. The second kappa shape index (κ2) is 31.4. The van der Waals surface area contributed by atoms with E-state index in [-0.39, 0.29) is 54.2 Å². The minimum atomic E-state index is 0. The Morgan fingerprint density at radius 3 is 0.750 bits per heavy atom. The molecule has 0 amide bonds. The van der Waals surface area contributed by atoms with Gasteiger partial charge >= 0.3 is 37.7 Å². The molecule has 0 heterocycles. The Kier molecular flexibility index (Phi) is 533. The Hall–Kier alpha value is 1.14. The van der Waals surface area contributed by atoms with E-state index in [1.54, 1.807) is 0 Å². The second-order valence-electron chi connectivity index (χ2n) is 0. The van der Waals surface area contributed by atoms with Crippen LogP contribution in [0, 0.1) is 0 Å². The van der Waals surface area contributed by atoms with E-state index in [0.717, 1.165) is 0 Å². The fourth-order valence-electron chi connectivity index (χ4n) is 0. The van der Waals surface area contributed by atoms with E-state index < -0.39 is 0 Å². The van der Waals surface area contributed by atoms with E-state index in [2.05, 4.69) is 0 Å². The topological polar surface area (TPSA) is 91.5 Å². The van der Waals surface area contributed by atoms with Crippen molar-refractivity contribution < 1.29 is 16.4 Å². The summed E-state index contributed by atoms with van der Waals surface area (Å²) in [6, 6.07) is 0. The first-order chi connectivity index (χ1) is 0. The monoisotopic (exact) mass is 92.0 g/mol. The molecule has 0 saturated heterocycles. The van der Waals surface area contributed by atoms with Crippen LogP contribution in [0.1, 0.15) is 0 Å². The van der Waals surface area contributed by atoms with Gasteiger partial charge in [0.15, 0.2) is 0 Å². The molecule has 0 aromatic carbocycles. The molecule has 4 heteroatoms. The molecule has 0 aliphatic heterocycles. The Bertz CT molecular complexity index is 3.25. The molecule has 0 radical (unpaired) electrons. The number of hydrogen-bond donors (Lipinski definition) is 0. The van der Waals surface area contributed by atoms with E-state index in [9.17, 15) is 0 Å². The van der Waals surface area contributed by atoms with Crippen molar-refractivity contribution in [3.63, 3.8) is 0 Å². The van der Waals surface area contributed by atoms with Crippen molar-refractivity contribution in [1.82, 2.24) is 0 Å². The summed E-state index contributed by atoms with van der Waals surface area (Å²) in [5.41, 5.74) is 0. The molecule has 0 aromatic rings. The summed E-state index contributed by atoms with van der Waals surface area (Å²) in [6.45, 7) is 0. The Labute approximate surface area is 53.9 Å². The average molecular weight is 92.1 g/mol. The van der Waals surface area contributed by atoms with Gasteiger partial charge in [-0.15, -0.1) is 0 Å². The van der Waals surface area contributed by atoms with Crippen molar-refractivity contribution in [2.75, 3.05) is 0 Å². The van der Waals surface area contributed by atoms with Crippen molar-refractivity contribution in [3.05, 3.63) is 0 Å². The minimum Gasteiger partial charge on any atom is -2.00 e. The zero-order chi connectivity index (χ0) is 0. The SMILES string of the molecule is O.O.[Ca+2].[O-2]. The molecule has 0 aromatic heterocycles. The summed E-state index contributed by atoms with van der Waals surface area (Å²) in [7, 11) is 0. The van der Waals surface area contributed by atoms with E-state index in [1.165, 1.54) is 0 Å². The van der Waals surface area contributed by atoms with Crippen LogP contribution in [0.15, 0.2) is 0 Å². The maximum Gasteiger partial charge on any atom is 2.00 e. The van der Waals surface area contributed by atoms with Crippen LogP contribution in [0.3, 0.4) is 0 Å². The van der Waals surface area contributed by atoms with E-state index in [4.69, 9.17) is 0 Å². The van der Waals surface area contributed by atoms with Gasteiger partial charge in [-0.3, -0.25) is 0 Å². The maximum atomic E-state index is 0. The van der Waals surface area contributed by atoms with Gasteiger partial charge in [0, 0.05) is 0 Å². The van der Waals surface area contributed by atoms with Crippen LogP contribution in [-0.2, 0) is 5.48 Å². The molecule has 0 rings (SSSR count). The first-order valence-corrected chi connectivity index (χ1v) is 0. The zero-order valence-corrected chi connectivity index (χ0v) is 4.32. The summed E-state index contributed by atoms with van der Waals surface area (Å²) in [5, 5.41) is 0. The molecule has 4 heavy (non-hydrogen) atoms. The van der Waals surface area contributed by atoms with Gasteiger partial charge in [-0.2, -0.15) is 0 Å². The molecular weight excluding hydrogens is 88.1 g/mol. The summed E-state index contributed by atoms with van der Waals surface area (Å²) in [4.78, 5) is 0. The first kappa shape index (κ1) is 67.8. The Morgan fingerprint density at radius 1 is 0.750 bits per heavy atom. The van der Waals surface area contributed by atoms with Crippen molar-refractivity contribution in [2.24, 2.45) is 0 Å². The molecule has 0 aliphatic carbocycles. The van der Waals surface area contributed by atoms with Crippen LogP contribution >= 0.6 is 0 Å². The van der Waals surface area contributed by atoms with Crippen LogP contribution in [0.2, 0.25) is 0 Å². The summed E-state index contributed by atoms with van der Waals surface area (Å²) in [5.74, 6) is 0. The molecule has 0 aliphatic rings. The number of rotatable bonds is 0. The molecule has 3 nitrogen and oxygen atoms in total. The smallest absolute Gasteiger partial charge is 2.00 e. The van der Waals surface area contributed by atoms with Crippen molar-refractivity contribution in [1.29, 1.82) is 0 Å². The third kappa shape index (κ3) is 11.1. The molecule has 0 spiro atoms.